The molecule has 74 valence electrons. The summed E-state index contributed by atoms with van der Waals surface area (Å²) in [5.41, 5.74) is 5.73. The van der Waals surface area contributed by atoms with Gasteiger partial charge < -0.3 is 20.3 Å². The molecule has 0 amide bonds. The van der Waals surface area contributed by atoms with Gasteiger partial charge in [0.15, 0.2) is 5.75 Å². The predicted octanol–water partition coefficient (Wildman–Crippen LogP) is 0.808. The first-order valence-corrected chi connectivity index (χ1v) is 3.26. The third kappa shape index (κ3) is 2.29. The van der Waals surface area contributed by atoms with Gasteiger partial charge in [-0.05, 0) is 0 Å². The Kier molecular flexibility index (Phi) is 4.13. The minimum absolute atomic E-state index is 0. The van der Waals surface area contributed by atoms with Crippen molar-refractivity contribution in [3.63, 3.8) is 0 Å². The molecule has 1 rings (SSSR count). The van der Waals surface area contributed by atoms with Gasteiger partial charge in [-0.3, -0.25) is 0 Å². The lowest BCUT2D eigenvalue weighted by Crippen LogP contribution is -1.97. The van der Waals surface area contributed by atoms with Gasteiger partial charge in [-0.15, -0.1) is 12.4 Å². The van der Waals surface area contributed by atoms with E-state index in [1.54, 1.807) is 0 Å². The van der Waals surface area contributed by atoms with E-state index in [2.05, 4.69) is 4.98 Å². The van der Waals surface area contributed by atoms with Crippen LogP contribution in [0.25, 0.3) is 0 Å². The zero-order valence-corrected chi connectivity index (χ0v) is 8.09. The maximum atomic E-state index is 9.19. The molecule has 6 heteroatoms. The summed E-state index contributed by atoms with van der Waals surface area (Å²) < 4.78 is 9.56. The molecule has 0 unspecified atom stereocenters. The second kappa shape index (κ2) is 4.61. The standard InChI is InChI=1S/C7H10N2O3.ClH/c1-11-6-4(8)3-5(10)7(9-6)12-2;/h3,10H,8H2,1-2H3;1H. The Labute approximate surface area is 81.9 Å². The fourth-order valence-corrected chi connectivity index (χ4v) is 0.799. The number of halogens is 1. The number of nitrogens with zero attached hydrogens (tertiary/aromatic N) is 1. The van der Waals surface area contributed by atoms with Crippen molar-refractivity contribution in [3.8, 4) is 17.5 Å². The normalized spacial score (nSPS) is 8.77. The topological polar surface area (TPSA) is 77.6 Å². The zero-order valence-electron chi connectivity index (χ0n) is 7.27. The molecule has 0 aliphatic carbocycles. The van der Waals surface area contributed by atoms with Crippen molar-refractivity contribution in [2.45, 2.75) is 0 Å². The van der Waals surface area contributed by atoms with Crippen LogP contribution < -0.4 is 15.2 Å². The molecule has 0 spiro atoms. The Morgan fingerprint density at radius 2 is 1.85 bits per heavy atom. The lowest BCUT2D eigenvalue weighted by atomic mass is 10.4. The monoisotopic (exact) mass is 206 g/mol. The lowest BCUT2D eigenvalue weighted by Gasteiger charge is -2.06. The van der Waals surface area contributed by atoms with Crippen LogP contribution in [0, 0.1) is 0 Å². The Morgan fingerprint density at radius 1 is 1.31 bits per heavy atom. The van der Waals surface area contributed by atoms with Crippen molar-refractivity contribution in [2.24, 2.45) is 0 Å². The fourth-order valence-electron chi connectivity index (χ4n) is 0.799. The van der Waals surface area contributed by atoms with Crippen molar-refractivity contribution in [3.05, 3.63) is 6.07 Å². The molecule has 1 aromatic rings. The molecule has 13 heavy (non-hydrogen) atoms. The molecule has 0 radical (unpaired) electrons. The van der Waals surface area contributed by atoms with E-state index in [-0.39, 0.29) is 35.6 Å². The molecule has 5 nitrogen and oxygen atoms in total. The van der Waals surface area contributed by atoms with Crippen LogP contribution in [0.4, 0.5) is 5.69 Å². The third-order valence-corrected chi connectivity index (χ3v) is 1.35. The van der Waals surface area contributed by atoms with Crippen LogP contribution in [0.3, 0.4) is 0 Å². The molecular weight excluding hydrogens is 196 g/mol. The predicted molar refractivity (Wildman–Crippen MR) is 50.7 cm³/mol. The van der Waals surface area contributed by atoms with Gasteiger partial charge in [0.25, 0.3) is 5.88 Å². The fraction of sp³-hybridized carbons (Fsp3) is 0.286. The number of pyridine rings is 1. The van der Waals surface area contributed by atoms with E-state index >= 15 is 0 Å². The summed E-state index contributed by atoms with van der Waals surface area (Å²) in [6, 6.07) is 1.32. The molecule has 1 aromatic heterocycles. The molecular formula is C7H11ClN2O3. The number of anilines is 1. The zero-order chi connectivity index (χ0) is 9.14. The maximum Gasteiger partial charge on any atom is 0.259 e. The molecule has 0 bridgehead atoms. The van der Waals surface area contributed by atoms with Crippen LogP contribution in [0.1, 0.15) is 0 Å². The SMILES string of the molecule is COc1nc(OC)c(O)cc1N.Cl. The van der Waals surface area contributed by atoms with Gasteiger partial charge in [-0.2, -0.15) is 4.98 Å². The van der Waals surface area contributed by atoms with Crippen LogP contribution in [-0.2, 0) is 0 Å². The van der Waals surface area contributed by atoms with E-state index in [1.165, 1.54) is 20.3 Å². The highest BCUT2D eigenvalue weighted by atomic mass is 35.5. The van der Waals surface area contributed by atoms with Crippen LogP contribution in [0.5, 0.6) is 17.5 Å². The smallest absolute Gasteiger partial charge is 0.259 e. The van der Waals surface area contributed by atoms with Crippen molar-refractivity contribution < 1.29 is 14.6 Å². The summed E-state index contributed by atoms with van der Waals surface area (Å²) >= 11 is 0. The number of aromatic nitrogens is 1. The van der Waals surface area contributed by atoms with Gasteiger partial charge in [0.05, 0.1) is 19.9 Å². The Hall–Kier alpha value is -1.36. The molecule has 0 fully saturated rings. The summed E-state index contributed by atoms with van der Waals surface area (Å²) in [6.45, 7) is 0. The van der Waals surface area contributed by atoms with Gasteiger partial charge in [-0.25, -0.2) is 0 Å². The highest BCUT2D eigenvalue weighted by Gasteiger charge is 2.08. The summed E-state index contributed by atoms with van der Waals surface area (Å²) in [7, 11) is 2.84. The number of hydrogen-bond donors (Lipinski definition) is 2. The van der Waals surface area contributed by atoms with Gasteiger partial charge in [-0.1, -0.05) is 0 Å². The molecule has 0 atom stereocenters. The Balaban J connectivity index is 0.00000144. The number of hydrogen-bond acceptors (Lipinski definition) is 5. The number of nitrogens with two attached hydrogens (primary N) is 1. The van der Waals surface area contributed by atoms with Crippen LogP contribution >= 0.6 is 12.4 Å². The van der Waals surface area contributed by atoms with E-state index in [0.717, 1.165) is 0 Å². The molecule has 0 saturated carbocycles. The van der Waals surface area contributed by atoms with E-state index in [4.69, 9.17) is 15.2 Å². The maximum absolute atomic E-state index is 9.19. The summed E-state index contributed by atoms with van der Waals surface area (Å²) in [5.74, 6) is 0.238. The quantitative estimate of drug-likeness (QED) is 0.749. The Bertz CT molecular complexity index is 268. The molecule has 0 aromatic carbocycles. The van der Waals surface area contributed by atoms with Gasteiger partial charge in [0.2, 0.25) is 5.88 Å². The van der Waals surface area contributed by atoms with E-state index in [9.17, 15) is 5.11 Å². The van der Waals surface area contributed by atoms with Gasteiger partial charge >= 0.3 is 0 Å². The number of aromatic hydroxyl groups is 1. The molecule has 0 saturated heterocycles. The van der Waals surface area contributed by atoms with Gasteiger partial charge in [0.1, 0.15) is 0 Å². The largest absolute Gasteiger partial charge is 0.503 e. The van der Waals surface area contributed by atoms with Crippen molar-refractivity contribution in [2.75, 3.05) is 20.0 Å². The third-order valence-electron chi connectivity index (χ3n) is 1.35. The summed E-state index contributed by atoms with van der Waals surface area (Å²) in [4.78, 5) is 3.79. The highest BCUT2D eigenvalue weighted by Crippen LogP contribution is 2.30. The highest BCUT2D eigenvalue weighted by molar-refractivity contribution is 5.85. The first-order valence-electron chi connectivity index (χ1n) is 3.26. The first-order chi connectivity index (χ1) is 5.69. The van der Waals surface area contributed by atoms with Crippen molar-refractivity contribution in [1.82, 2.24) is 4.98 Å². The molecule has 3 N–H and O–H groups in total. The van der Waals surface area contributed by atoms with Gasteiger partial charge in [0, 0.05) is 6.07 Å². The van der Waals surface area contributed by atoms with Crippen LogP contribution in [-0.4, -0.2) is 24.3 Å². The van der Waals surface area contributed by atoms with E-state index in [1.807, 2.05) is 0 Å². The number of rotatable bonds is 2. The van der Waals surface area contributed by atoms with Crippen LogP contribution in [0.15, 0.2) is 6.07 Å². The number of ether oxygens (including phenoxy) is 2. The first kappa shape index (κ1) is 11.6. The second-order valence-electron chi connectivity index (χ2n) is 2.12. The summed E-state index contributed by atoms with van der Waals surface area (Å²) in [5, 5.41) is 9.19. The van der Waals surface area contributed by atoms with E-state index in [0.29, 0.717) is 0 Å². The molecule has 0 aliphatic heterocycles. The van der Waals surface area contributed by atoms with Crippen molar-refractivity contribution >= 4 is 18.1 Å². The second-order valence-corrected chi connectivity index (χ2v) is 2.12. The lowest BCUT2D eigenvalue weighted by molar-refractivity contribution is 0.341. The number of methoxy groups -OCH3 is 2. The van der Waals surface area contributed by atoms with Crippen molar-refractivity contribution in [1.29, 1.82) is 0 Å². The molecule has 0 aliphatic rings. The Morgan fingerprint density at radius 3 is 2.31 bits per heavy atom. The average molecular weight is 207 g/mol. The summed E-state index contributed by atoms with van der Waals surface area (Å²) in [6.07, 6.45) is 0. The minimum Gasteiger partial charge on any atom is -0.503 e. The average Bonchev–Trinajstić information content (AvgIpc) is 2.05. The van der Waals surface area contributed by atoms with Crippen LogP contribution in [0.2, 0.25) is 0 Å². The molecule has 1 heterocycles. The number of nitrogen functional groups attached to an aromatic ring is 1. The van der Waals surface area contributed by atoms with E-state index < -0.39 is 0 Å². The minimum atomic E-state index is -0.101.